The molecule has 1 aliphatic heterocycles. The van der Waals surface area contributed by atoms with E-state index in [1.165, 1.54) is 6.07 Å². The van der Waals surface area contributed by atoms with Crippen molar-refractivity contribution in [3.05, 3.63) is 35.7 Å². The van der Waals surface area contributed by atoms with Gasteiger partial charge in [-0.1, -0.05) is 0 Å². The van der Waals surface area contributed by atoms with Gasteiger partial charge in [-0.3, -0.25) is 4.68 Å². The van der Waals surface area contributed by atoms with Crippen LogP contribution in [0.5, 0.6) is 17.2 Å². The van der Waals surface area contributed by atoms with E-state index < -0.39 is 5.97 Å². The number of fused-ring (bicyclic) bond motifs is 1. The number of hydrogen-bond donors (Lipinski definition) is 1. The lowest BCUT2D eigenvalue weighted by molar-refractivity contribution is 0.0692. The fourth-order valence-electron chi connectivity index (χ4n) is 2.12. The average molecular weight is 290 g/mol. The second-order valence-corrected chi connectivity index (χ2v) is 4.55. The molecule has 0 aliphatic carbocycles. The summed E-state index contributed by atoms with van der Waals surface area (Å²) in [4.78, 5) is 11.3. The second-order valence-electron chi connectivity index (χ2n) is 4.55. The highest BCUT2D eigenvalue weighted by atomic mass is 16.7. The number of aromatic carboxylic acids is 1. The van der Waals surface area contributed by atoms with Gasteiger partial charge in [-0.05, 0) is 6.07 Å². The van der Waals surface area contributed by atoms with Crippen molar-refractivity contribution < 1.29 is 24.1 Å². The molecule has 0 atom stereocenters. The van der Waals surface area contributed by atoms with Crippen molar-refractivity contribution in [1.29, 1.82) is 0 Å². The van der Waals surface area contributed by atoms with E-state index >= 15 is 0 Å². The summed E-state index contributed by atoms with van der Waals surface area (Å²) < 4.78 is 17.8. The van der Waals surface area contributed by atoms with Gasteiger partial charge in [0.05, 0.1) is 6.61 Å². The third-order valence-electron chi connectivity index (χ3n) is 3.24. The SMILES string of the molecule is Cn1nccc1CCOc1cc2c(cc1C(=O)O)OCO2. The Labute approximate surface area is 120 Å². The maximum atomic E-state index is 11.3. The number of carboxylic acid groups (broad SMARTS) is 1. The predicted octanol–water partition coefficient (Wildman–Crippen LogP) is 1.47. The van der Waals surface area contributed by atoms with Gasteiger partial charge in [0.2, 0.25) is 6.79 Å². The first kappa shape index (κ1) is 13.3. The molecule has 110 valence electrons. The molecule has 0 saturated carbocycles. The Morgan fingerprint density at radius 1 is 1.43 bits per heavy atom. The molecule has 0 fully saturated rings. The lowest BCUT2D eigenvalue weighted by Crippen LogP contribution is -2.08. The van der Waals surface area contributed by atoms with Crippen LogP contribution in [0.4, 0.5) is 0 Å². The normalized spacial score (nSPS) is 12.4. The molecule has 1 aromatic carbocycles. The third kappa shape index (κ3) is 2.62. The van der Waals surface area contributed by atoms with Crippen LogP contribution in [0, 0.1) is 0 Å². The summed E-state index contributed by atoms with van der Waals surface area (Å²) in [5.74, 6) is 0.125. The molecule has 0 bridgehead atoms. The molecular weight excluding hydrogens is 276 g/mol. The number of carbonyl (C=O) groups is 1. The fourth-order valence-corrected chi connectivity index (χ4v) is 2.12. The van der Waals surface area contributed by atoms with Crippen LogP contribution in [0.2, 0.25) is 0 Å². The summed E-state index contributed by atoms with van der Waals surface area (Å²) in [6.45, 7) is 0.437. The van der Waals surface area contributed by atoms with E-state index in [-0.39, 0.29) is 18.1 Å². The first-order valence-corrected chi connectivity index (χ1v) is 6.42. The molecule has 2 aromatic rings. The van der Waals surface area contributed by atoms with Crippen molar-refractivity contribution in [3.63, 3.8) is 0 Å². The third-order valence-corrected chi connectivity index (χ3v) is 3.24. The Balaban J connectivity index is 1.75. The van der Waals surface area contributed by atoms with Gasteiger partial charge in [0.25, 0.3) is 0 Å². The highest BCUT2D eigenvalue weighted by Gasteiger charge is 2.21. The Bertz CT molecular complexity index is 680. The molecule has 1 N–H and O–H groups in total. The lowest BCUT2D eigenvalue weighted by atomic mass is 10.2. The summed E-state index contributed by atoms with van der Waals surface area (Å²) in [6.07, 6.45) is 2.34. The highest BCUT2D eigenvalue weighted by Crippen LogP contribution is 2.38. The van der Waals surface area contributed by atoms with E-state index in [0.717, 1.165) is 5.69 Å². The van der Waals surface area contributed by atoms with Crippen LogP contribution >= 0.6 is 0 Å². The molecule has 1 aromatic heterocycles. The van der Waals surface area contributed by atoms with Gasteiger partial charge in [-0.25, -0.2) is 4.79 Å². The van der Waals surface area contributed by atoms with Crippen molar-refractivity contribution in [2.45, 2.75) is 6.42 Å². The van der Waals surface area contributed by atoms with E-state index in [1.54, 1.807) is 16.9 Å². The minimum absolute atomic E-state index is 0.0595. The summed E-state index contributed by atoms with van der Waals surface area (Å²) in [7, 11) is 1.85. The highest BCUT2D eigenvalue weighted by molar-refractivity contribution is 5.92. The summed E-state index contributed by atoms with van der Waals surface area (Å²) >= 11 is 0. The van der Waals surface area contributed by atoms with Crippen LogP contribution in [-0.4, -0.2) is 34.3 Å². The average Bonchev–Trinajstić information content (AvgIpc) is 3.06. The Kier molecular flexibility index (Phi) is 3.39. The van der Waals surface area contributed by atoms with Crippen LogP contribution in [0.3, 0.4) is 0 Å². The molecule has 2 heterocycles. The molecular formula is C14H14N2O5. The molecule has 0 unspecified atom stereocenters. The number of nitrogens with zero attached hydrogens (tertiary/aromatic N) is 2. The Morgan fingerprint density at radius 3 is 2.86 bits per heavy atom. The maximum Gasteiger partial charge on any atom is 0.339 e. The van der Waals surface area contributed by atoms with E-state index in [2.05, 4.69) is 5.10 Å². The van der Waals surface area contributed by atoms with Gasteiger partial charge >= 0.3 is 5.97 Å². The van der Waals surface area contributed by atoms with Gasteiger partial charge in [0, 0.05) is 37.5 Å². The van der Waals surface area contributed by atoms with Crippen LogP contribution in [0.15, 0.2) is 24.4 Å². The van der Waals surface area contributed by atoms with Crippen LogP contribution in [0.1, 0.15) is 16.1 Å². The monoisotopic (exact) mass is 290 g/mol. The van der Waals surface area contributed by atoms with E-state index in [0.29, 0.717) is 24.5 Å². The molecule has 7 heteroatoms. The molecule has 0 radical (unpaired) electrons. The Morgan fingerprint density at radius 2 is 2.19 bits per heavy atom. The van der Waals surface area contributed by atoms with Crippen molar-refractivity contribution in [1.82, 2.24) is 9.78 Å². The van der Waals surface area contributed by atoms with E-state index in [9.17, 15) is 9.90 Å². The van der Waals surface area contributed by atoms with E-state index in [1.807, 2.05) is 13.1 Å². The second kappa shape index (κ2) is 5.35. The lowest BCUT2D eigenvalue weighted by Gasteiger charge is -2.10. The van der Waals surface area contributed by atoms with Crippen molar-refractivity contribution in [3.8, 4) is 17.2 Å². The smallest absolute Gasteiger partial charge is 0.339 e. The topological polar surface area (TPSA) is 82.8 Å². The quantitative estimate of drug-likeness (QED) is 0.897. The molecule has 21 heavy (non-hydrogen) atoms. The first-order chi connectivity index (χ1) is 10.1. The minimum Gasteiger partial charge on any atom is -0.492 e. The van der Waals surface area contributed by atoms with Crippen LogP contribution < -0.4 is 14.2 Å². The maximum absolute atomic E-state index is 11.3. The number of benzene rings is 1. The van der Waals surface area contributed by atoms with Crippen LogP contribution in [0.25, 0.3) is 0 Å². The van der Waals surface area contributed by atoms with Gasteiger partial charge in [-0.15, -0.1) is 0 Å². The summed E-state index contributed by atoms with van der Waals surface area (Å²) in [5, 5.41) is 13.3. The zero-order chi connectivity index (χ0) is 14.8. The number of aromatic nitrogens is 2. The number of rotatable bonds is 5. The zero-order valence-corrected chi connectivity index (χ0v) is 11.4. The van der Waals surface area contributed by atoms with Gasteiger partial charge in [0.1, 0.15) is 11.3 Å². The molecule has 0 saturated heterocycles. The van der Waals surface area contributed by atoms with E-state index in [4.69, 9.17) is 14.2 Å². The van der Waals surface area contributed by atoms with Crippen LogP contribution in [-0.2, 0) is 13.5 Å². The molecule has 3 rings (SSSR count). The zero-order valence-electron chi connectivity index (χ0n) is 11.4. The van der Waals surface area contributed by atoms with Gasteiger partial charge < -0.3 is 19.3 Å². The number of carboxylic acids is 1. The number of aryl methyl sites for hydroxylation is 1. The minimum atomic E-state index is -1.07. The molecule has 0 spiro atoms. The number of hydrogen-bond acceptors (Lipinski definition) is 5. The van der Waals surface area contributed by atoms with Crippen molar-refractivity contribution in [2.24, 2.45) is 7.05 Å². The summed E-state index contributed by atoms with van der Waals surface area (Å²) in [5.41, 5.74) is 1.07. The van der Waals surface area contributed by atoms with Gasteiger partial charge in [-0.2, -0.15) is 5.10 Å². The molecule has 7 nitrogen and oxygen atoms in total. The molecule has 1 aliphatic rings. The first-order valence-electron chi connectivity index (χ1n) is 6.42. The standard InChI is InChI=1S/C14H14N2O5/c1-16-9(2-4-15-16)3-5-19-11-7-13-12(20-8-21-13)6-10(11)14(17)18/h2,4,6-7H,3,5,8H2,1H3,(H,17,18). The molecule has 0 amide bonds. The number of ether oxygens (including phenoxy) is 3. The fraction of sp³-hybridized carbons (Fsp3) is 0.286. The van der Waals surface area contributed by atoms with Crippen molar-refractivity contribution in [2.75, 3.05) is 13.4 Å². The summed E-state index contributed by atoms with van der Waals surface area (Å²) in [6, 6.07) is 4.86. The van der Waals surface area contributed by atoms with Crippen molar-refractivity contribution >= 4 is 5.97 Å². The largest absolute Gasteiger partial charge is 0.492 e. The Hall–Kier alpha value is -2.70. The predicted molar refractivity (Wildman–Crippen MR) is 71.9 cm³/mol. The van der Waals surface area contributed by atoms with Gasteiger partial charge in [0.15, 0.2) is 11.5 Å².